The number of aliphatic carboxylic acids is 1. The Labute approximate surface area is 95.9 Å². The number of amides is 1. The number of carbonyl (C=O) groups is 2. The molecule has 0 rings (SSSR count). The summed E-state index contributed by atoms with van der Waals surface area (Å²) in [6.07, 6.45) is 0.177. The van der Waals surface area contributed by atoms with Crippen LogP contribution in [0.2, 0.25) is 0 Å². The van der Waals surface area contributed by atoms with Crippen molar-refractivity contribution in [2.75, 3.05) is 6.54 Å². The summed E-state index contributed by atoms with van der Waals surface area (Å²) in [6, 6.07) is 0. The molecule has 1 atom stereocenters. The SMILES string of the molecule is CCC(CC)(CC(=O)NCC(C)O)C(=O)O. The van der Waals surface area contributed by atoms with Gasteiger partial charge in [-0.15, -0.1) is 0 Å². The summed E-state index contributed by atoms with van der Waals surface area (Å²) >= 11 is 0. The molecule has 16 heavy (non-hydrogen) atoms. The molecule has 0 heterocycles. The fourth-order valence-corrected chi connectivity index (χ4v) is 1.51. The van der Waals surface area contributed by atoms with E-state index in [1.165, 1.54) is 0 Å². The van der Waals surface area contributed by atoms with Crippen molar-refractivity contribution < 1.29 is 19.8 Å². The van der Waals surface area contributed by atoms with Gasteiger partial charge in [0.2, 0.25) is 5.91 Å². The molecule has 0 aromatic carbocycles. The Kier molecular flexibility index (Phi) is 6.03. The maximum absolute atomic E-state index is 11.5. The van der Waals surface area contributed by atoms with Crippen molar-refractivity contribution in [2.45, 2.75) is 46.1 Å². The minimum Gasteiger partial charge on any atom is -0.481 e. The molecule has 0 saturated carbocycles. The predicted molar refractivity (Wildman–Crippen MR) is 60.0 cm³/mol. The quantitative estimate of drug-likeness (QED) is 0.604. The number of aliphatic hydroxyl groups is 1. The van der Waals surface area contributed by atoms with Crippen LogP contribution in [0.3, 0.4) is 0 Å². The van der Waals surface area contributed by atoms with Gasteiger partial charge in [-0.2, -0.15) is 0 Å². The molecule has 94 valence electrons. The number of carbonyl (C=O) groups excluding carboxylic acids is 1. The summed E-state index contributed by atoms with van der Waals surface area (Å²) in [5.74, 6) is -1.27. The standard InChI is InChI=1S/C11H21NO4/c1-4-11(5-2,10(15)16)6-9(14)12-7-8(3)13/h8,13H,4-7H2,1-3H3,(H,12,14)(H,15,16). The Morgan fingerprint density at radius 3 is 2.12 bits per heavy atom. The number of hydrogen-bond donors (Lipinski definition) is 3. The normalized spacial score (nSPS) is 13.2. The molecule has 0 aromatic rings. The Hall–Kier alpha value is -1.10. The van der Waals surface area contributed by atoms with Gasteiger partial charge in [0.05, 0.1) is 11.5 Å². The van der Waals surface area contributed by atoms with E-state index in [9.17, 15) is 9.59 Å². The fraction of sp³-hybridized carbons (Fsp3) is 0.818. The van der Waals surface area contributed by atoms with E-state index in [0.717, 1.165) is 0 Å². The van der Waals surface area contributed by atoms with Crippen LogP contribution < -0.4 is 5.32 Å². The van der Waals surface area contributed by atoms with Crippen LogP contribution in [-0.4, -0.2) is 34.7 Å². The van der Waals surface area contributed by atoms with Gasteiger partial charge >= 0.3 is 5.97 Å². The second-order valence-electron chi connectivity index (χ2n) is 4.12. The van der Waals surface area contributed by atoms with E-state index < -0.39 is 17.5 Å². The molecule has 0 aliphatic carbocycles. The van der Waals surface area contributed by atoms with Gasteiger partial charge in [-0.05, 0) is 19.8 Å². The van der Waals surface area contributed by atoms with Crippen molar-refractivity contribution in [2.24, 2.45) is 5.41 Å². The summed E-state index contributed by atoms with van der Waals surface area (Å²) in [5.41, 5.74) is -0.983. The van der Waals surface area contributed by atoms with E-state index in [2.05, 4.69) is 5.32 Å². The molecule has 1 amide bonds. The second-order valence-corrected chi connectivity index (χ2v) is 4.12. The Morgan fingerprint density at radius 1 is 1.31 bits per heavy atom. The number of aliphatic hydroxyl groups excluding tert-OH is 1. The van der Waals surface area contributed by atoms with Gasteiger partial charge in [0.25, 0.3) is 0 Å². The van der Waals surface area contributed by atoms with E-state index in [1.54, 1.807) is 20.8 Å². The first-order valence-electron chi connectivity index (χ1n) is 5.56. The van der Waals surface area contributed by atoms with E-state index in [-0.39, 0.29) is 18.9 Å². The average molecular weight is 231 g/mol. The number of nitrogens with one attached hydrogen (secondary N) is 1. The molecule has 0 aliphatic heterocycles. The lowest BCUT2D eigenvalue weighted by Gasteiger charge is -2.25. The van der Waals surface area contributed by atoms with E-state index in [0.29, 0.717) is 12.8 Å². The predicted octanol–water partition coefficient (Wildman–Crippen LogP) is 0.764. The lowest BCUT2D eigenvalue weighted by atomic mass is 9.79. The third kappa shape index (κ3) is 4.18. The van der Waals surface area contributed by atoms with Gasteiger partial charge < -0.3 is 15.5 Å². The fourth-order valence-electron chi connectivity index (χ4n) is 1.51. The zero-order chi connectivity index (χ0) is 12.8. The summed E-state index contributed by atoms with van der Waals surface area (Å²) in [7, 11) is 0. The number of carboxylic acids is 1. The molecule has 5 nitrogen and oxygen atoms in total. The second kappa shape index (κ2) is 6.48. The van der Waals surface area contributed by atoms with Crippen molar-refractivity contribution in [1.29, 1.82) is 0 Å². The first kappa shape index (κ1) is 14.9. The van der Waals surface area contributed by atoms with Crippen LogP contribution in [0.5, 0.6) is 0 Å². The highest BCUT2D eigenvalue weighted by molar-refractivity contribution is 5.84. The number of carboxylic acid groups (broad SMARTS) is 1. The van der Waals surface area contributed by atoms with Crippen LogP contribution in [-0.2, 0) is 9.59 Å². The van der Waals surface area contributed by atoms with E-state index in [4.69, 9.17) is 10.2 Å². The highest BCUT2D eigenvalue weighted by Gasteiger charge is 2.36. The van der Waals surface area contributed by atoms with Gasteiger partial charge in [0.1, 0.15) is 0 Å². The van der Waals surface area contributed by atoms with E-state index >= 15 is 0 Å². The smallest absolute Gasteiger partial charge is 0.310 e. The van der Waals surface area contributed by atoms with Crippen LogP contribution in [0.15, 0.2) is 0 Å². The molecule has 3 N–H and O–H groups in total. The molecule has 0 spiro atoms. The maximum atomic E-state index is 11.5. The molecule has 0 fully saturated rings. The molecule has 0 bridgehead atoms. The lowest BCUT2D eigenvalue weighted by molar-refractivity contribution is -0.152. The summed E-state index contributed by atoms with van der Waals surface area (Å²) in [5, 5.41) is 20.6. The van der Waals surface area contributed by atoms with Crippen LogP contribution in [0.1, 0.15) is 40.0 Å². The molecule has 5 heteroatoms. The summed E-state index contributed by atoms with van der Waals surface area (Å²) < 4.78 is 0. The largest absolute Gasteiger partial charge is 0.481 e. The van der Waals surface area contributed by atoms with E-state index in [1.807, 2.05) is 0 Å². The Balaban J connectivity index is 4.41. The number of rotatable bonds is 7. The van der Waals surface area contributed by atoms with Crippen LogP contribution in [0, 0.1) is 5.41 Å². The molecule has 0 saturated heterocycles. The van der Waals surface area contributed by atoms with Crippen LogP contribution in [0.25, 0.3) is 0 Å². The maximum Gasteiger partial charge on any atom is 0.310 e. The highest BCUT2D eigenvalue weighted by atomic mass is 16.4. The van der Waals surface area contributed by atoms with Crippen LogP contribution >= 0.6 is 0 Å². The highest BCUT2D eigenvalue weighted by Crippen LogP contribution is 2.30. The number of hydrogen-bond acceptors (Lipinski definition) is 3. The first-order valence-corrected chi connectivity index (χ1v) is 5.56. The Bertz CT molecular complexity index is 246. The monoisotopic (exact) mass is 231 g/mol. The van der Waals surface area contributed by atoms with Crippen LogP contribution in [0.4, 0.5) is 0 Å². The van der Waals surface area contributed by atoms with Gasteiger partial charge in [-0.3, -0.25) is 9.59 Å². The third-order valence-corrected chi connectivity index (χ3v) is 2.90. The van der Waals surface area contributed by atoms with Crippen molar-refractivity contribution in [3.8, 4) is 0 Å². The molecule has 1 unspecified atom stereocenters. The van der Waals surface area contributed by atoms with Gasteiger partial charge in [0, 0.05) is 13.0 Å². The molecule has 0 aromatic heterocycles. The topological polar surface area (TPSA) is 86.6 Å². The van der Waals surface area contributed by atoms with Gasteiger partial charge in [0.15, 0.2) is 0 Å². The summed E-state index contributed by atoms with van der Waals surface area (Å²) in [4.78, 5) is 22.6. The average Bonchev–Trinajstić information content (AvgIpc) is 2.22. The van der Waals surface area contributed by atoms with Gasteiger partial charge in [-0.1, -0.05) is 13.8 Å². The minimum atomic E-state index is -0.983. The van der Waals surface area contributed by atoms with Gasteiger partial charge in [-0.25, -0.2) is 0 Å². The Morgan fingerprint density at radius 2 is 1.81 bits per heavy atom. The molecular formula is C11H21NO4. The molecular weight excluding hydrogens is 210 g/mol. The van der Waals surface area contributed by atoms with Crippen molar-refractivity contribution in [3.05, 3.63) is 0 Å². The summed E-state index contributed by atoms with van der Waals surface area (Å²) in [6.45, 7) is 5.24. The lowest BCUT2D eigenvalue weighted by Crippen LogP contribution is -2.38. The molecule has 0 radical (unpaired) electrons. The minimum absolute atomic E-state index is 0.0396. The zero-order valence-electron chi connectivity index (χ0n) is 10.1. The third-order valence-electron chi connectivity index (χ3n) is 2.90. The zero-order valence-corrected chi connectivity index (χ0v) is 10.1. The van der Waals surface area contributed by atoms with Crippen molar-refractivity contribution in [1.82, 2.24) is 5.32 Å². The van der Waals surface area contributed by atoms with Crippen molar-refractivity contribution in [3.63, 3.8) is 0 Å². The molecule has 0 aliphatic rings. The first-order chi connectivity index (χ1) is 7.38. The van der Waals surface area contributed by atoms with Crippen molar-refractivity contribution >= 4 is 11.9 Å².